The molecule has 0 bridgehead atoms. The number of benzene rings is 1. The van der Waals surface area contributed by atoms with Gasteiger partial charge in [-0.1, -0.05) is 0 Å². The van der Waals surface area contributed by atoms with Crippen LogP contribution in [0.5, 0.6) is 0 Å². The molecule has 1 saturated carbocycles. The number of amides is 1. The summed E-state index contributed by atoms with van der Waals surface area (Å²) < 4.78 is 37.9. The van der Waals surface area contributed by atoms with Crippen LogP contribution >= 0.6 is 0 Å². The van der Waals surface area contributed by atoms with Crippen LogP contribution in [0.2, 0.25) is 0 Å². The van der Waals surface area contributed by atoms with Gasteiger partial charge in [0.05, 0.1) is 5.56 Å². The number of aromatic nitrogens is 2. The van der Waals surface area contributed by atoms with E-state index in [1.807, 2.05) is 25.1 Å². The van der Waals surface area contributed by atoms with Gasteiger partial charge in [-0.3, -0.25) is 4.79 Å². The minimum Gasteiger partial charge on any atom is -0.363 e. The Morgan fingerprint density at radius 2 is 1.66 bits per heavy atom. The van der Waals surface area contributed by atoms with Crippen molar-refractivity contribution in [3.63, 3.8) is 0 Å². The second-order valence-electron chi connectivity index (χ2n) is 7.37. The predicted octanol–water partition coefficient (Wildman–Crippen LogP) is 3.71. The Kier molecular flexibility index (Phi) is 6.24. The number of hydrogen-bond acceptors (Lipinski definition) is 5. The zero-order valence-electron chi connectivity index (χ0n) is 16.3. The first-order valence-corrected chi connectivity index (χ1v) is 9.47. The normalized spacial score (nSPS) is 19.5. The fourth-order valence-electron chi connectivity index (χ4n) is 3.31. The van der Waals surface area contributed by atoms with Crippen LogP contribution in [0.15, 0.2) is 36.5 Å². The Balaban J connectivity index is 1.49. The molecule has 156 valence electrons. The third kappa shape index (κ3) is 5.58. The highest BCUT2D eigenvalue weighted by atomic mass is 19.4. The molecule has 1 amide bonds. The largest absolute Gasteiger partial charge is 0.416 e. The first kappa shape index (κ1) is 20.9. The average molecular weight is 407 g/mol. The third-order valence-electron chi connectivity index (χ3n) is 4.97. The van der Waals surface area contributed by atoms with E-state index in [1.165, 1.54) is 12.1 Å². The molecule has 1 fully saturated rings. The van der Waals surface area contributed by atoms with E-state index in [4.69, 9.17) is 0 Å². The van der Waals surface area contributed by atoms with Crippen LogP contribution < -0.4 is 15.5 Å². The highest BCUT2D eigenvalue weighted by Crippen LogP contribution is 2.29. The standard InChI is InChI=1S/C20H24F3N5O/c1-28(2)17-11-12-24-19(27-17)26-16-9-7-15(8-10-16)25-18(29)13-3-5-14(6-4-13)20(21,22)23/h3-6,11-12,15-16H,7-10H2,1-2H3,(H,25,29)(H,24,26,27). The third-order valence-corrected chi connectivity index (χ3v) is 4.97. The van der Waals surface area contributed by atoms with Crippen molar-refractivity contribution in [2.45, 2.75) is 43.9 Å². The van der Waals surface area contributed by atoms with Crippen molar-refractivity contribution in [3.05, 3.63) is 47.7 Å². The Hall–Kier alpha value is -2.84. The van der Waals surface area contributed by atoms with E-state index in [-0.39, 0.29) is 23.6 Å². The van der Waals surface area contributed by atoms with Gasteiger partial charge in [0, 0.05) is 37.9 Å². The number of carbonyl (C=O) groups excluding carboxylic acids is 1. The molecule has 0 saturated heterocycles. The lowest BCUT2D eigenvalue weighted by Gasteiger charge is -2.29. The molecule has 6 nitrogen and oxygen atoms in total. The van der Waals surface area contributed by atoms with E-state index in [0.29, 0.717) is 5.95 Å². The highest BCUT2D eigenvalue weighted by Gasteiger charge is 2.30. The number of hydrogen-bond donors (Lipinski definition) is 2. The fraction of sp³-hybridized carbons (Fsp3) is 0.450. The summed E-state index contributed by atoms with van der Waals surface area (Å²) in [6.07, 6.45) is 0.534. The number of anilines is 2. The summed E-state index contributed by atoms with van der Waals surface area (Å²) in [6.45, 7) is 0. The Bertz CT molecular complexity index is 831. The number of alkyl halides is 3. The van der Waals surface area contributed by atoms with Crippen molar-refractivity contribution in [1.82, 2.24) is 15.3 Å². The molecule has 9 heteroatoms. The molecule has 0 spiro atoms. The van der Waals surface area contributed by atoms with Gasteiger partial charge < -0.3 is 15.5 Å². The first-order valence-electron chi connectivity index (χ1n) is 9.47. The average Bonchev–Trinajstić information content (AvgIpc) is 2.69. The summed E-state index contributed by atoms with van der Waals surface area (Å²) >= 11 is 0. The molecule has 3 rings (SSSR count). The summed E-state index contributed by atoms with van der Waals surface area (Å²) in [6, 6.07) is 6.32. The van der Waals surface area contributed by atoms with Crippen LogP contribution in [0.25, 0.3) is 0 Å². The van der Waals surface area contributed by atoms with Gasteiger partial charge in [0.25, 0.3) is 5.91 Å². The van der Waals surface area contributed by atoms with Crippen LogP contribution in [0.1, 0.15) is 41.6 Å². The van der Waals surface area contributed by atoms with E-state index in [9.17, 15) is 18.0 Å². The minimum absolute atomic E-state index is 0.00290. The monoisotopic (exact) mass is 407 g/mol. The molecule has 2 aromatic rings. The Labute approximate surface area is 167 Å². The molecule has 0 radical (unpaired) electrons. The molecule has 1 aliphatic carbocycles. The van der Waals surface area contributed by atoms with Crippen molar-refractivity contribution in [3.8, 4) is 0 Å². The molecular weight excluding hydrogens is 383 g/mol. The second kappa shape index (κ2) is 8.67. The van der Waals surface area contributed by atoms with Crippen molar-refractivity contribution in [1.29, 1.82) is 0 Å². The summed E-state index contributed by atoms with van der Waals surface area (Å²) in [4.78, 5) is 22.9. The van der Waals surface area contributed by atoms with Gasteiger partial charge in [0.15, 0.2) is 0 Å². The van der Waals surface area contributed by atoms with E-state index in [0.717, 1.165) is 43.6 Å². The van der Waals surface area contributed by atoms with Crippen molar-refractivity contribution in [2.24, 2.45) is 0 Å². The van der Waals surface area contributed by atoms with Gasteiger partial charge in [-0.05, 0) is 56.0 Å². The SMILES string of the molecule is CN(C)c1ccnc(NC2CCC(NC(=O)c3ccc(C(F)(F)F)cc3)CC2)n1. The van der Waals surface area contributed by atoms with Gasteiger partial charge in [-0.15, -0.1) is 0 Å². The van der Waals surface area contributed by atoms with E-state index in [2.05, 4.69) is 20.6 Å². The number of rotatable bonds is 5. The molecule has 2 N–H and O–H groups in total. The summed E-state index contributed by atoms with van der Waals surface area (Å²) in [7, 11) is 3.83. The van der Waals surface area contributed by atoms with Crippen molar-refractivity contribution >= 4 is 17.7 Å². The molecule has 1 aromatic carbocycles. The van der Waals surface area contributed by atoms with Gasteiger partial charge in [0.1, 0.15) is 5.82 Å². The summed E-state index contributed by atoms with van der Waals surface area (Å²) in [5.41, 5.74) is -0.534. The first-order chi connectivity index (χ1) is 13.7. The lowest BCUT2D eigenvalue weighted by Crippen LogP contribution is -2.40. The van der Waals surface area contributed by atoms with Crippen LogP contribution in [0, 0.1) is 0 Å². The minimum atomic E-state index is -4.41. The Morgan fingerprint density at radius 1 is 1.03 bits per heavy atom. The molecule has 0 aliphatic heterocycles. The zero-order valence-corrected chi connectivity index (χ0v) is 16.3. The maximum absolute atomic E-state index is 12.6. The lowest BCUT2D eigenvalue weighted by atomic mass is 9.91. The van der Waals surface area contributed by atoms with Gasteiger partial charge in [-0.25, -0.2) is 4.98 Å². The topological polar surface area (TPSA) is 70.2 Å². The molecule has 1 aromatic heterocycles. The predicted molar refractivity (Wildman–Crippen MR) is 105 cm³/mol. The van der Waals surface area contributed by atoms with Crippen molar-refractivity contribution in [2.75, 3.05) is 24.3 Å². The zero-order chi connectivity index (χ0) is 21.0. The van der Waals surface area contributed by atoms with E-state index in [1.54, 1.807) is 6.20 Å². The van der Waals surface area contributed by atoms with Crippen LogP contribution in [-0.4, -0.2) is 42.1 Å². The number of halogens is 3. The van der Waals surface area contributed by atoms with Crippen LogP contribution in [-0.2, 0) is 6.18 Å². The number of nitrogens with zero attached hydrogens (tertiary/aromatic N) is 3. The van der Waals surface area contributed by atoms with Gasteiger partial charge in [0.2, 0.25) is 5.95 Å². The fourth-order valence-corrected chi connectivity index (χ4v) is 3.31. The maximum Gasteiger partial charge on any atom is 0.416 e. The second-order valence-corrected chi connectivity index (χ2v) is 7.37. The molecular formula is C20H24F3N5O. The molecule has 1 aliphatic rings. The van der Waals surface area contributed by atoms with Crippen LogP contribution in [0.4, 0.5) is 24.9 Å². The molecule has 1 heterocycles. The maximum atomic E-state index is 12.6. The smallest absolute Gasteiger partial charge is 0.363 e. The van der Waals surface area contributed by atoms with Gasteiger partial charge in [-0.2, -0.15) is 18.2 Å². The molecule has 0 unspecified atom stereocenters. The Morgan fingerprint density at radius 3 is 2.24 bits per heavy atom. The number of carbonyl (C=O) groups is 1. The van der Waals surface area contributed by atoms with Crippen molar-refractivity contribution < 1.29 is 18.0 Å². The van der Waals surface area contributed by atoms with E-state index < -0.39 is 11.7 Å². The quantitative estimate of drug-likeness (QED) is 0.791. The highest BCUT2D eigenvalue weighted by molar-refractivity contribution is 5.94. The van der Waals surface area contributed by atoms with Gasteiger partial charge >= 0.3 is 6.18 Å². The summed E-state index contributed by atoms with van der Waals surface area (Å²) in [5.74, 6) is 1.05. The van der Waals surface area contributed by atoms with E-state index >= 15 is 0 Å². The number of nitrogens with one attached hydrogen (secondary N) is 2. The lowest BCUT2D eigenvalue weighted by molar-refractivity contribution is -0.137. The summed E-state index contributed by atoms with van der Waals surface area (Å²) in [5, 5.41) is 6.25. The molecule has 0 atom stereocenters. The van der Waals surface area contributed by atoms with Crippen LogP contribution in [0.3, 0.4) is 0 Å². The molecule has 29 heavy (non-hydrogen) atoms.